The first-order chi connectivity index (χ1) is 9.07. The number of halogens is 1. The molecule has 2 aliphatic heterocycles. The summed E-state index contributed by atoms with van der Waals surface area (Å²) in [5, 5.41) is 16.3. The second kappa shape index (κ2) is 4.18. The SMILES string of the molecule is CN/N=C1\C(=N)c2cc(C)nc(Cl)c2NC12COC2. The van der Waals surface area contributed by atoms with Crippen LogP contribution in [0.4, 0.5) is 5.69 Å². The van der Waals surface area contributed by atoms with Crippen molar-refractivity contribution in [2.75, 3.05) is 25.6 Å². The highest BCUT2D eigenvalue weighted by molar-refractivity contribution is 6.53. The molecule has 1 aromatic heterocycles. The van der Waals surface area contributed by atoms with Gasteiger partial charge in [0.2, 0.25) is 0 Å². The molecule has 1 spiro atoms. The first-order valence-corrected chi connectivity index (χ1v) is 6.32. The molecular formula is C12H14ClN5O. The Morgan fingerprint density at radius 1 is 1.58 bits per heavy atom. The van der Waals surface area contributed by atoms with Gasteiger partial charge in [0.25, 0.3) is 0 Å². The van der Waals surface area contributed by atoms with Crippen molar-refractivity contribution in [3.63, 3.8) is 0 Å². The van der Waals surface area contributed by atoms with E-state index >= 15 is 0 Å². The molecule has 2 aliphatic rings. The maximum absolute atomic E-state index is 8.36. The summed E-state index contributed by atoms with van der Waals surface area (Å²) in [4.78, 5) is 4.23. The lowest BCUT2D eigenvalue weighted by atomic mass is 9.81. The van der Waals surface area contributed by atoms with Crippen molar-refractivity contribution in [2.24, 2.45) is 5.10 Å². The predicted molar refractivity (Wildman–Crippen MR) is 74.5 cm³/mol. The van der Waals surface area contributed by atoms with Gasteiger partial charge in [0.1, 0.15) is 11.3 Å². The zero-order chi connectivity index (χ0) is 13.6. The summed E-state index contributed by atoms with van der Waals surface area (Å²) in [6.45, 7) is 2.80. The third-order valence-electron chi connectivity index (χ3n) is 3.35. The molecule has 1 aromatic rings. The zero-order valence-corrected chi connectivity index (χ0v) is 11.4. The molecule has 0 amide bonds. The standard InChI is InChI=1S/C12H14ClN5O/c1-6-3-7-8(14)10(18-15-2)12(4-19-5-12)17-9(7)11(13)16-6/h3,14-15,17H,4-5H2,1-2H3/b14-8?,18-10+. The number of pyridine rings is 1. The average molecular weight is 280 g/mol. The van der Waals surface area contributed by atoms with Gasteiger partial charge in [-0.3, -0.25) is 5.41 Å². The fraction of sp³-hybridized carbons (Fsp3) is 0.417. The molecule has 0 unspecified atom stereocenters. The van der Waals surface area contributed by atoms with Crippen LogP contribution in [0.1, 0.15) is 11.3 Å². The van der Waals surface area contributed by atoms with E-state index in [1.54, 1.807) is 7.05 Å². The Morgan fingerprint density at radius 3 is 2.89 bits per heavy atom. The van der Waals surface area contributed by atoms with Gasteiger partial charge in [-0.1, -0.05) is 11.6 Å². The number of anilines is 1. The van der Waals surface area contributed by atoms with E-state index in [2.05, 4.69) is 20.8 Å². The summed E-state index contributed by atoms with van der Waals surface area (Å²) in [6.07, 6.45) is 0. The van der Waals surface area contributed by atoms with Crippen LogP contribution in [0.25, 0.3) is 0 Å². The summed E-state index contributed by atoms with van der Waals surface area (Å²) < 4.78 is 5.29. The lowest BCUT2D eigenvalue weighted by Crippen LogP contribution is -2.66. The quantitative estimate of drug-likeness (QED) is 0.533. The molecule has 3 N–H and O–H groups in total. The van der Waals surface area contributed by atoms with Gasteiger partial charge in [-0.25, -0.2) is 4.98 Å². The molecule has 0 atom stereocenters. The highest BCUT2D eigenvalue weighted by Gasteiger charge is 2.49. The minimum absolute atomic E-state index is 0.360. The maximum atomic E-state index is 8.36. The fourth-order valence-electron chi connectivity index (χ4n) is 2.41. The van der Waals surface area contributed by atoms with E-state index in [1.807, 2.05) is 13.0 Å². The van der Waals surface area contributed by atoms with Crippen molar-refractivity contribution >= 4 is 28.7 Å². The van der Waals surface area contributed by atoms with Crippen LogP contribution in [0.5, 0.6) is 0 Å². The fourth-order valence-corrected chi connectivity index (χ4v) is 2.69. The number of hydrogen-bond acceptors (Lipinski definition) is 6. The molecular weight excluding hydrogens is 266 g/mol. The summed E-state index contributed by atoms with van der Waals surface area (Å²) >= 11 is 6.18. The van der Waals surface area contributed by atoms with E-state index in [-0.39, 0.29) is 0 Å². The number of nitrogens with zero attached hydrogens (tertiary/aromatic N) is 2. The minimum atomic E-state index is -0.465. The lowest BCUT2D eigenvalue weighted by Gasteiger charge is -2.46. The summed E-state index contributed by atoms with van der Waals surface area (Å²) in [7, 11) is 1.72. The topological polar surface area (TPSA) is 82.4 Å². The molecule has 1 saturated heterocycles. The van der Waals surface area contributed by atoms with Crippen molar-refractivity contribution in [3.8, 4) is 0 Å². The Labute approximate surface area is 115 Å². The Bertz CT molecular complexity index is 594. The number of rotatable bonds is 1. The molecule has 100 valence electrons. The summed E-state index contributed by atoms with van der Waals surface area (Å²) in [5.41, 5.74) is 5.49. The van der Waals surface area contributed by atoms with Crippen LogP contribution in [0.3, 0.4) is 0 Å². The highest BCUT2D eigenvalue weighted by Crippen LogP contribution is 2.37. The van der Waals surface area contributed by atoms with Crippen LogP contribution in [-0.4, -0.2) is 42.2 Å². The van der Waals surface area contributed by atoms with E-state index in [1.165, 1.54) is 0 Å². The Balaban J connectivity index is 2.18. The van der Waals surface area contributed by atoms with Gasteiger partial charge < -0.3 is 15.5 Å². The van der Waals surface area contributed by atoms with E-state index in [0.29, 0.717) is 35.5 Å². The van der Waals surface area contributed by atoms with Gasteiger partial charge in [0.05, 0.1) is 24.6 Å². The molecule has 1 fully saturated rings. The van der Waals surface area contributed by atoms with Crippen molar-refractivity contribution in [2.45, 2.75) is 12.5 Å². The molecule has 0 radical (unpaired) electrons. The number of nitrogens with one attached hydrogen (secondary N) is 3. The van der Waals surface area contributed by atoms with E-state index in [4.69, 9.17) is 21.7 Å². The molecule has 3 rings (SSSR count). The second-order valence-electron chi connectivity index (χ2n) is 4.74. The van der Waals surface area contributed by atoms with Crippen LogP contribution >= 0.6 is 11.6 Å². The minimum Gasteiger partial charge on any atom is -0.376 e. The Hall–Kier alpha value is -1.66. The van der Waals surface area contributed by atoms with Gasteiger partial charge in [0, 0.05) is 18.3 Å². The molecule has 7 heteroatoms. The molecule has 0 aliphatic carbocycles. The molecule has 0 bridgehead atoms. The normalized spacial score (nSPS) is 21.8. The number of fused-ring (bicyclic) bond motifs is 1. The van der Waals surface area contributed by atoms with Crippen LogP contribution in [0.2, 0.25) is 5.15 Å². The number of hydrazone groups is 1. The molecule has 19 heavy (non-hydrogen) atoms. The largest absolute Gasteiger partial charge is 0.376 e. The van der Waals surface area contributed by atoms with Gasteiger partial charge in [-0.2, -0.15) is 5.10 Å². The van der Waals surface area contributed by atoms with Crippen molar-refractivity contribution in [3.05, 3.63) is 22.5 Å². The van der Waals surface area contributed by atoms with Crippen LogP contribution in [-0.2, 0) is 4.74 Å². The molecule has 3 heterocycles. The van der Waals surface area contributed by atoms with Crippen molar-refractivity contribution in [1.29, 1.82) is 5.41 Å². The number of ether oxygens (including phenoxy) is 1. The van der Waals surface area contributed by atoms with Crippen molar-refractivity contribution in [1.82, 2.24) is 10.4 Å². The van der Waals surface area contributed by atoms with Gasteiger partial charge in [-0.05, 0) is 13.0 Å². The first-order valence-electron chi connectivity index (χ1n) is 5.95. The molecule has 0 saturated carbocycles. The lowest BCUT2D eigenvalue weighted by molar-refractivity contribution is -0.00684. The predicted octanol–water partition coefficient (Wildman–Crippen LogP) is 1.18. The number of hydrogen-bond donors (Lipinski definition) is 3. The summed E-state index contributed by atoms with van der Waals surface area (Å²) in [5.74, 6) is 0. The third kappa shape index (κ3) is 1.71. The first kappa shape index (κ1) is 12.4. The van der Waals surface area contributed by atoms with Crippen molar-refractivity contribution < 1.29 is 4.74 Å². The van der Waals surface area contributed by atoms with Gasteiger partial charge >= 0.3 is 0 Å². The monoisotopic (exact) mass is 279 g/mol. The van der Waals surface area contributed by atoms with Crippen LogP contribution in [0, 0.1) is 12.3 Å². The van der Waals surface area contributed by atoms with Gasteiger partial charge in [0.15, 0.2) is 5.15 Å². The molecule has 6 nitrogen and oxygen atoms in total. The second-order valence-corrected chi connectivity index (χ2v) is 5.09. The van der Waals surface area contributed by atoms with E-state index < -0.39 is 5.54 Å². The van der Waals surface area contributed by atoms with E-state index in [0.717, 1.165) is 11.3 Å². The average Bonchev–Trinajstić information content (AvgIpc) is 2.31. The van der Waals surface area contributed by atoms with Crippen LogP contribution in [0.15, 0.2) is 11.2 Å². The Kier molecular flexibility index (Phi) is 2.72. The smallest absolute Gasteiger partial charge is 0.153 e. The van der Waals surface area contributed by atoms with Crippen LogP contribution < -0.4 is 10.7 Å². The third-order valence-corrected chi connectivity index (χ3v) is 3.62. The highest BCUT2D eigenvalue weighted by atomic mass is 35.5. The summed E-state index contributed by atoms with van der Waals surface area (Å²) in [6, 6.07) is 1.84. The number of aromatic nitrogens is 1. The van der Waals surface area contributed by atoms with Gasteiger partial charge in [-0.15, -0.1) is 0 Å². The van der Waals surface area contributed by atoms with E-state index in [9.17, 15) is 0 Å². The zero-order valence-electron chi connectivity index (χ0n) is 10.7. The Morgan fingerprint density at radius 2 is 2.32 bits per heavy atom. The molecule has 0 aromatic carbocycles. The number of aryl methyl sites for hydroxylation is 1. The maximum Gasteiger partial charge on any atom is 0.153 e.